The van der Waals surface area contributed by atoms with E-state index in [1.807, 2.05) is 13.0 Å². The predicted octanol–water partition coefficient (Wildman–Crippen LogP) is 1.86. The van der Waals surface area contributed by atoms with Crippen molar-refractivity contribution in [2.75, 3.05) is 31.6 Å². The van der Waals surface area contributed by atoms with Crippen LogP contribution in [0.2, 0.25) is 0 Å². The summed E-state index contributed by atoms with van der Waals surface area (Å²) in [6.45, 7) is 7.24. The Labute approximate surface area is 115 Å². The number of halogens is 1. The molecule has 0 saturated carbocycles. The molecule has 2 rings (SSSR count). The van der Waals surface area contributed by atoms with Gasteiger partial charge in [-0.2, -0.15) is 0 Å². The summed E-state index contributed by atoms with van der Waals surface area (Å²) in [7, 11) is 2.14. The molecule has 0 aliphatic carbocycles. The Kier molecular flexibility index (Phi) is 4.42. The Bertz CT molecular complexity index is 433. The molecule has 2 unspecified atom stereocenters. The summed E-state index contributed by atoms with van der Waals surface area (Å²) in [4.78, 5) is 4.70. The number of nitrogens with two attached hydrogens (primary N) is 1. The quantitative estimate of drug-likeness (QED) is 0.905. The van der Waals surface area contributed by atoms with Gasteiger partial charge in [-0.1, -0.05) is 0 Å². The molecular formula is C15H24FN3. The standard InChI is InChI=1S/C15H24FN3/c1-11(17)8-13-9-14(16)4-5-15(13)19-7-6-18(3)10-12(19)2/h4-5,9,11-12H,6-8,10,17H2,1-3H3. The molecule has 1 heterocycles. The van der Waals surface area contributed by atoms with Crippen LogP contribution < -0.4 is 10.6 Å². The van der Waals surface area contributed by atoms with Crippen molar-refractivity contribution in [1.82, 2.24) is 4.90 Å². The number of likely N-dealkylation sites (N-methyl/N-ethyl adjacent to an activating group) is 1. The van der Waals surface area contributed by atoms with Crippen LogP contribution in [-0.4, -0.2) is 43.7 Å². The fourth-order valence-electron chi connectivity index (χ4n) is 2.84. The Morgan fingerprint density at radius 1 is 1.42 bits per heavy atom. The first-order chi connectivity index (χ1) is 8.97. The van der Waals surface area contributed by atoms with Crippen molar-refractivity contribution in [2.45, 2.75) is 32.4 Å². The Morgan fingerprint density at radius 2 is 2.16 bits per heavy atom. The second kappa shape index (κ2) is 5.88. The molecule has 2 atom stereocenters. The molecule has 1 aliphatic heterocycles. The van der Waals surface area contributed by atoms with Crippen molar-refractivity contribution in [3.8, 4) is 0 Å². The topological polar surface area (TPSA) is 32.5 Å². The molecule has 3 nitrogen and oxygen atoms in total. The van der Waals surface area contributed by atoms with E-state index < -0.39 is 0 Å². The summed E-state index contributed by atoms with van der Waals surface area (Å²) in [6, 6.07) is 5.56. The van der Waals surface area contributed by atoms with Crippen LogP contribution in [-0.2, 0) is 6.42 Å². The van der Waals surface area contributed by atoms with Crippen molar-refractivity contribution in [3.63, 3.8) is 0 Å². The molecule has 19 heavy (non-hydrogen) atoms. The summed E-state index contributed by atoms with van der Waals surface area (Å²) in [5.74, 6) is -0.179. The highest BCUT2D eigenvalue weighted by Crippen LogP contribution is 2.26. The van der Waals surface area contributed by atoms with Gasteiger partial charge in [-0.15, -0.1) is 0 Å². The van der Waals surface area contributed by atoms with Gasteiger partial charge in [0.15, 0.2) is 0 Å². The SMILES string of the molecule is CC(N)Cc1cc(F)ccc1N1CCN(C)CC1C. The Hall–Kier alpha value is -1.13. The van der Waals surface area contributed by atoms with E-state index in [0.717, 1.165) is 30.9 Å². The molecule has 0 bridgehead atoms. The van der Waals surface area contributed by atoms with Crippen molar-refractivity contribution in [1.29, 1.82) is 0 Å². The fourth-order valence-corrected chi connectivity index (χ4v) is 2.84. The highest BCUT2D eigenvalue weighted by Gasteiger charge is 2.23. The van der Waals surface area contributed by atoms with Crippen LogP contribution in [0.4, 0.5) is 10.1 Å². The lowest BCUT2D eigenvalue weighted by Gasteiger charge is -2.40. The van der Waals surface area contributed by atoms with Gasteiger partial charge in [0, 0.05) is 37.4 Å². The van der Waals surface area contributed by atoms with Crippen LogP contribution in [0.25, 0.3) is 0 Å². The number of rotatable bonds is 3. The van der Waals surface area contributed by atoms with Crippen LogP contribution in [0.3, 0.4) is 0 Å². The summed E-state index contributed by atoms with van der Waals surface area (Å²) < 4.78 is 13.5. The van der Waals surface area contributed by atoms with Gasteiger partial charge in [-0.05, 0) is 51.1 Å². The predicted molar refractivity (Wildman–Crippen MR) is 78.1 cm³/mol. The minimum absolute atomic E-state index is 0.0447. The molecule has 1 aliphatic rings. The summed E-state index contributed by atoms with van der Waals surface area (Å²) in [6.07, 6.45) is 0.714. The second-order valence-corrected chi connectivity index (χ2v) is 5.76. The van der Waals surface area contributed by atoms with E-state index in [9.17, 15) is 4.39 Å². The maximum atomic E-state index is 13.5. The number of benzene rings is 1. The first-order valence-corrected chi connectivity index (χ1v) is 6.96. The number of hydrogen-bond acceptors (Lipinski definition) is 3. The molecule has 1 aromatic carbocycles. The highest BCUT2D eigenvalue weighted by molar-refractivity contribution is 5.55. The van der Waals surface area contributed by atoms with Gasteiger partial charge in [-0.25, -0.2) is 4.39 Å². The number of anilines is 1. The zero-order chi connectivity index (χ0) is 14.0. The van der Waals surface area contributed by atoms with Gasteiger partial charge in [0.25, 0.3) is 0 Å². The summed E-state index contributed by atoms with van der Waals surface area (Å²) in [5.41, 5.74) is 8.04. The van der Waals surface area contributed by atoms with E-state index in [4.69, 9.17) is 5.73 Å². The molecule has 1 aromatic rings. The molecule has 1 fully saturated rings. The smallest absolute Gasteiger partial charge is 0.123 e. The monoisotopic (exact) mass is 265 g/mol. The van der Waals surface area contributed by atoms with Crippen LogP contribution in [0, 0.1) is 5.82 Å². The minimum atomic E-state index is -0.179. The third kappa shape index (κ3) is 3.45. The molecule has 0 radical (unpaired) electrons. The van der Waals surface area contributed by atoms with Gasteiger partial charge in [-0.3, -0.25) is 0 Å². The minimum Gasteiger partial charge on any atom is -0.366 e. The zero-order valence-electron chi connectivity index (χ0n) is 12.1. The number of hydrogen-bond donors (Lipinski definition) is 1. The largest absolute Gasteiger partial charge is 0.366 e. The van der Waals surface area contributed by atoms with Gasteiger partial charge in [0.1, 0.15) is 5.82 Å². The summed E-state index contributed by atoms with van der Waals surface area (Å²) >= 11 is 0. The highest BCUT2D eigenvalue weighted by atomic mass is 19.1. The second-order valence-electron chi connectivity index (χ2n) is 5.76. The van der Waals surface area contributed by atoms with Crippen molar-refractivity contribution >= 4 is 5.69 Å². The molecular weight excluding hydrogens is 241 g/mol. The third-order valence-electron chi connectivity index (χ3n) is 3.72. The van der Waals surface area contributed by atoms with Crippen molar-refractivity contribution in [2.24, 2.45) is 5.73 Å². The maximum Gasteiger partial charge on any atom is 0.123 e. The Morgan fingerprint density at radius 3 is 2.79 bits per heavy atom. The Balaban J connectivity index is 2.27. The van der Waals surface area contributed by atoms with Gasteiger partial charge >= 0.3 is 0 Å². The number of nitrogens with zero attached hydrogens (tertiary/aromatic N) is 2. The lowest BCUT2D eigenvalue weighted by atomic mass is 10.0. The first kappa shape index (κ1) is 14.3. The molecule has 4 heteroatoms. The maximum absolute atomic E-state index is 13.5. The van der Waals surface area contributed by atoms with E-state index >= 15 is 0 Å². The van der Waals surface area contributed by atoms with Crippen LogP contribution in [0.15, 0.2) is 18.2 Å². The molecule has 0 aromatic heterocycles. The average Bonchev–Trinajstić information content (AvgIpc) is 2.30. The fraction of sp³-hybridized carbons (Fsp3) is 0.600. The number of piperazine rings is 1. The van der Waals surface area contributed by atoms with Gasteiger partial charge in [0.2, 0.25) is 0 Å². The molecule has 2 N–H and O–H groups in total. The third-order valence-corrected chi connectivity index (χ3v) is 3.72. The van der Waals surface area contributed by atoms with E-state index in [1.54, 1.807) is 12.1 Å². The van der Waals surface area contributed by atoms with Crippen LogP contribution in [0.5, 0.6) is 0 Å². The van der Waals surface area contributed by atoms with E-state index in [1.165, 1.54) is 0 Å². The van der Waals surface area contributed by atoms with Crippen molar-refractivity contribution in [3.05, 3.63) is 29.6 Å². The van der Waals surface area contributed by atoms with Gasteiger partial charge < -0.3 is 15.5 Å². The lowest BCUT2D eigenvalue weighted by Crippen LogP contribution is -2.50. The van der Waals surface area contributed by atoms with E-state index in [0.29, 0.717) is 12.5 Å². The van der Waals surface area contributed by atoms with Crippen LogP contribution in [0.1, 0.15) is 19.4 Å². The first-order valence-electron chi connectivity index (χ1n) is 6.96. The lowest BCUT2D eigenvalue weighted by molar-refractivity contribution is 0.275. The van der Waals surface area contributed by atoms with Crippen LogP contribution >= 0.6 is 0 Å². The van der Waals surface area contributed by atoms with E-state index in [-0.39, 0.29) is 11.9 Å². The van der Waals surface area contributed by atoms with E-state index in [2.05, 4.69) is 23.8 Å². The average molecular weight is 265 g/mol. The normalized spacial score (nSPS) is 22.6. The molecule has 106 valence electrons. The zero-order valence-corrected chi connectivity index (χ0v) is 12.1. The molecule has 0 amide bonds. The van der Waals surface area contributed by atoms with Gasteiger partial charge in [0.05, 0.1) is 0 Å². The summed E-state index contributed by atoms with van der Waals surface area (Å²) in [5, 5.41) is 0. The van der Waals surface area contributed by atoms with Crippen molar-refractivity contribution < 1.29 is 4.39 Å². The molecule has 0 spiro atoms. The molecule has 1 saturated heterocycles.